The number of carbonyl (C=O) groups is 1. The van der Waals surface area contributed by atoms with Crippen LogP contribution in [-0.2, 0) is 10.2 Å². The molecule has 20 heavy (non-hydrogen) atoms. The van der Waals surface area contributed by atoms with E-state index in [0.29, 0.717) is 13.0 Å². The molecule has 1 aromatic rings. The molecule has 1 heterocycles. The van der Waals surface area contributed by atoms with Crippen LogP contribution < -0.4 is 5.32 Å². The van der Waals surface area contributed by atoms with Crippen molar-refractivity contribution in [3.8, 4) is 5.75 Å². The second-order valence-corrected chi connectivity index (χ2v) is 6.24. The smallest absolute Gasteiger partial charge is 0.307 e. The number of nitrogens with one attached hydrogen (secondary N) is 1. The number of aliphatic carboxylic acids is 1. The number of benzene rings is 1. The Hall–Kier alpha value is -1.55. The number of rotatable bonds is 4. The van der Waals surface area contributed by atoms with Crippen molar-refractivity contribution in [2.45, 2.75) is 45.1 Å². The van der Waals surface area contributed by atoms with Gasteiger partial charge in [0.15, 0.2) is 0 Å². The van der Waals surface area contributed by atoms with Crippen molar-refractivity contribution in [3.63, 3.8) is 0 Å². The predicted octanol–water partition coefficient (Wildman–Crippen LogP) is 2.82. The maximum Gasteiger partial charge on any atom is 0.307 e. The van der Waals surface area contributed by atoms with Crippen molar-refractivity contribution in [1.29, 1.82) is 0 Å². The minimum atomic E-state index is -0.774. The Labute approximate surface area is 119 Å². The Morgan fingerprint density at radius 1 is 1.45 bits per heavy atom. The summed E-state index contributed by atoms with van der Waals surface area (Å²) in [6.45, 7) is 6.94. The minimum absolute atomic E-state index is 0.0489. The van der Waals surface area contributed by atoms with Crippen molar-refractivity contribution < 1.29 is 15.0 Å². The van der Waals surface area contributed by atoms with E-state index in [2.05, 4.69) is 26.1 Å². The van der Waals surface area contributed by atoms with Gasteiger partial charge in [0.1, 0.15) is 5.75 Å². The molecule has 2 atom stereocenters. The maximum absolute atomic E-state index is 11.0. The Morgan fingerprint density at radius 2 is 2.15 bits per heavy atom. The lowest BCUT2D eigenvalue weighted by molar-refractivity contribution is -0.141. The number of aromatic hydroxyl groups is 1. The molecule has 0 saturated carbocycles. The Morgan fingerprint density at radius 3 is 2.70 bits per heavy atom. The van der Waals surface area contributed by atoms with E-state index in [9.17, 15) is 9.90 Å². The number of phenols is 1. The average Bonchev–Trinajstić information content (AvgIpc) is 2.88. The monoisotopic (exact) mass is 277 g/mol. The van der Waals surface area contributed by atoms with Crippen LogP contribution in [0.15, 0.2) is 18.2 Å². The van der Waals surface area contributed by atoms with Gasteiger partial charge in [-0.3, -0.25) is 4.79 Å². The van der Waals surface area contributed by atoms with E-state index in [1.165, 1.54) is 5.56 Å². The fraction of sp³-hybridized carbons (Fsp3) is 0.562. The highest BCUT2D eigenvalue weighted by molar-refractivity contribution is 5.71. The summed E-state index contributed by atoms with van der Waals surface area (Å²) >= 11 is 0. The second-order valence-electron chi connectivity index (χ2n) is 6.24. The molecule has 0 radical (unpaired) electrons. The first kappa shape index (κ1) is 14.9. The number of carboxylic acids is 1. The zero-order valence-electron chi connectivity index (χ0n) is 12.3. The van der Waals surface area contributed by atoms with Crippen molar-refractivity contribution in [2.75, 3.05) is 6.54 Å². The molecule has 0 amide bonds. The highest BCUT2D eigenvalue weighted by Crippen LogP contribution is 2.36. The van der Waals surface area contributed by atoms with E-state index in [-0.39, 0.29) is 23.1 Å². The minimum Gasteiger partial charge on any atom is -0.508 e. The van der Waals surface area contributed by atoms with E-state index < -0.39 is 5.97 Å². The molecule has 1 aliphatic rings. The summed E-state index contributed by atoms with van der Waals surface area (Å²) in [7, 11) is 0. The highest BCUT2D eigenvalue weighted by atomic mass is 16.4. The van der Waals surface area contributed by atoms with E-state index in [1.54, 1.807) is 6.07 Å². The first-order valence-electron chi connectivity index (χ1n) is 7.14. The quantitative estimate of drug-likeness (QED) is 0.791. The first-order chi connectivity index (χ1) is 9.35. The third kappa shape index (κ3) is 2.80. The van der Waals surface area contributed by atoms with Crippen LogP contribution in [0.3, 0.4) is 0 Å². The van der Waals surface area contributed by atoms with Crippen LogP contribution >= 0.6 is 0 Å². The summed E-state index contributed by atoms with van der Waals surface area (Å²) in [5.41, 5.74) is 2.04. The molecule has 0 bridgehead atoms. The molecular weight excluding hydrogens is 254 g/mol. The van der Waals surface area contributed by atoms with Crippen molar-refractivity contribution in [3.05, 3.63) is 29.3 Å². The fourth-order valence-electron chi connectivity index (χ4n) is 2.62. The van der Waals surface area contributed by atoms with Gasteiger partial charge >= 0.3 is 5.97 Å². The van der Waals surface area contributed by atoms with Crippen molar-refractivity contribution >= 4 is 5.97 Å². The Bertz CT molecular complexity index is 510. The summed E-state index contributed by atoms with van der Waals surface area (Å²) < 4.78 is 0. The molecule has 1 aromatic carbocycles. The predicted molar refractivity (Wildman–Crippen MR) is 77.9 cm³/mol. The summed E-state index contributed by atoms with van der Waals surface area (Å²) in [5, 5.41) is 22.3. The molecule has 2 unspecified atom stereocenters. The summed E-state index contributed by atoms with van der Waals surface area (Å²) in [6.07, 6.45) is 1.53. The molecule has 4 nitrogen and oxygen atoms in total. The van der Waals surface area contributed by atoms with Crippen molar-refractivity contribution in [2.24, 2.45) is 5.92 Å². The standard InChI is InChI=1S/C16H23NO3/c1-4-16(2,3)11-5-6-14(18)12(8-11)13-7-10(9-17-13)15(19)20/h5-6,8,10,13,17-18H,4,7,9H2,1-3H3,(H,19,20). The molecule has 1 aliphatic heterocycles. The molecule has 0 aliphatic carbocycles. The van der Waals surface area contributed by atoms with Gasteiger partial charge in [-0.1, -0.05) is 26.8 Å². The van der Waals surface area contributed by atoms with E-state index >= 15 is 0 Å². The van der Waals surface area contributed by atoms with Gasteiger partial charge in [-0.05, 0) is 36.0 Å². The molecule has 3 N–H and O–H groups in total. The SMILES string of the molecule is CCC(C)(C)c1ccc(O)c(C2CC(C(=O)O)CN2)c1. The number of carboxylic acid groups (broad SMARTS) is 1. The van der Waals surface area contributed by atoms with Gasteiger partial charge in [0.05, 0.1) is 5.92 Å². The number of hydrogen-bond donors (Lipinski definition) is 3. The summed E-state index contributed by atoms with van der Waals surface area (Å²) in [6, 6.07) is 5.61. The lowest BCUT2D eigenvalue weighted by Gasteiger charge is -2.25. The van der Waals surface area contributed by atoms with Crippen LogP contribution in [0.5, 0.6) is 5.75 Å². The normalized spacial score (nSPS) is 22.9. The average molecular weight is 277 g/mol. The molecule has 1 fully saturated rings. The molecular formula is C16H23NO3. The zero-order chi connectivity index (χ0) is 14.9. The summed E-state index contributed by atoms with van der Waals surface area (Å²) in [4.78, 5) is 11.0. The van der Waals surface area contributed by atoms with Crippen LogP contribution in [0.4, 0.5) is 0 Å². The van der Waals surface area contributed by atoms with Crippen LogP contribution in [0.1, 0.15) is 50.8 Å². The third-order valence-corrected chi connectivity index (χ3v) is 4.55. The molecule has 0 spiro atoms. The number of phenolic OH excluding ortho intramolecular Hbond substituents is 1. The summed E-state index contributed by atoms with van der Waals surface area (Å²) in [5.74, 6) is -0.907. The molecule has 1 saturated heterocycles. The van der Waals surface area contributed by atoms with Crippen LogP contribution in [-0.4, -0.2) is 22.7 Å². The van der Waals surface area contributed by atoms with Gasteiger partial charge in [0, 0.05) is 18.2 Å². The largest absolute Gasteiger partial charge is 0.508 e. The van der Waals surface area contributed by atoms with Gasteiger partial charge < -0.3 is 15.5 Å². The van der Waals surface area contributed by atoms with E-state index in [4.69, 9.17) is 5.11 Å². The van der Waals surface area contributed by atoms with Crippen LogP contribution in [0, 0.1) is 5.92 Å². The fourth-order valence-corrected chi connectivity index (χ4v) is 2.62. The molecule has 4 heteroatoms. The lowest BCUT2D eigenvalue weighted by atomic mass is 9.81. The van der Waals surface area contributed by atoms with Gasteiger partial charge in [-0.25, -0.2) is 0 Å². The molecule has 2 rings (SSSR count). The van der Waals surface area contributed by atoms with E-state index in [0.717, 1.165) is 12.0 Å². The Kier molecular flexibility index (Phi) is 4.04. The Balaban J connectivity index is 2.28. The lowest BCUT2D eigenvalue weighted by Crippen LogP contribution is -2.18. The van der Waals surface area contributed by atoms with Gasteiger partial charge in [0.2, 0.25) is 0 Å². The van der Waals surface area contributed by atoms with E-state index in [1.807, 2.05) is 12.1 Å². The highest BCUT2D eigenvalue weighted by Gasteiger charge is 2.32. The van der Waals surface area contributed by atoms with Crippen molar-refractivity contribution in [1.82, 2.24) is 5.32 Å². The second kappa shape index (κ2) is 5.44. The topological polar surface area (TPSA) is 69.6 Å². The van der Waals surface area contributed by atoms with Gasteiger partial charge in [0.25, 0.3) is 0 Å². The van der Waals surface area contributed by atoms with Crippen LogP contribution in [0.2, 0.25) is 0 Å². The molecule has 110 valence electrons. The maximum atomic E-state index is 11.0. The zero-order valence-corrected chi connectivity index (χ0v) is 12.3. The third-order valence-electron chi connectivity index (χ3n) is 4.55. The number of hydrogen-bond acceptors (Lipinski definition) is 3. The van der Waals surface area contributed by atoms with Gasteiger partial charge in [-0.15, -0.1) is 0 Å². The van der Waals surface area contributed by atoms with Gasteiger partial charge in [-0.2, -0.15) is 0 Å². The van der Waals surface area contributed by atoms with Crippen LogP contribution in [0.25, 0.3) is 0 Å². The first-order valence-corrected chi connectivity index (χ1v) is 7.14. The molecule has 0 aromatic heterocycles.